The zero-order valence-corrected chi connectivity index (χ0v) is 28.8. The molecule has 274 valence electrons. The maximum Gasteiger partial charge on any atom is 0.419 e. The Balaban J connectivity index is 0.00000562. The molecule has 0 spiro atoms. The van der Waals surface area contributed by atoms with Gasteiger partial charge < -0.3 is 20.5 Å². The smallest absolute Gasteiger partial charge is 0.389 e. The van der Waals surface area contributed by atoms with Gasteiger partial charge in [-0.3, -0.25) is 14.3 Å². The summed E-state index contributed by atoms with van der Waals surface area (Å²) < 4.78 is 92.8. The van der Waals surface area contributed by atoms with Crippen molar-refractivity contribution < 1.29 is 35.8 Å². The Morgan fingerprint density at radius 1 is 1.08 bits per heavy atom. The number of alkyl halides is 3. The van der Waals surface area contributed by atoms with Crippen molar-refractivity contribution in [1.82, 2.24) is 49.7 Å². The molecule has 1 aliphatic rings. The number of sulfonamides is 1. The van der Waals surface area contributed by atoms with E-state index in [-0.39, 0.29) is 60.8 Å². The molecular weight excluding hydrogens is 710 g/mol. The highest BCUT2D eigenvalue weighted by molar-refractivity contribution is 7.89. The van der Waals surface area contributed by atoms with E-state index in [2.05, 4.69) is 45.6 Å². The number of nitrogens with zero attached hydrogens (tertiary/aromatic N) is 8. The molecule has 3 aromatic heterocycles. The first-order valence-corrected chi connectivity index (χ1v) is 16.8. The fourth-order valence-electron chi connectivity index (χ4n) is 4.92. The van der Waals surface area contributed by atoms with E-state index < -0.39 is 38.9 Å². The van der Waals surface area contributed by atoms with Crippen molar-refractivity contribution >= 4 is 34.1 Å². The number of halogens is 5. The van der Waals surface area contributed by atoms with Crippen molar-refractivity contribution in [2.45, 2.75) is 50.2 Å². The second-order valence-corrected chi connectivity index (χ2v) is 13.7. The Bertz CT molecular complexity index is 1830. The van der Waals surface area contributed by atoms with Crippen LogP contribution in [0.25, 0.3) is 11.3 Å². The lowest BCUT2D eigenvalue weighted by Gasteiger charge is -2.26. The van der Waals surface area contributed by atoms with Crippen LogP contribution in [0, 0.1) is 5.82 Å². The van der Waals surface area contributed by atoms with E-state index in [1.165, 1.54) is 24.7 Å². The maximum absolute atomic E-state index is 15.0. The minimum atomic E-state index is -4.81. The summed E-state index contributed by atoms with van der Waals surface area (Å²) in [6.07, 6.45) is -0.0340. The Morgan fingerprint density at radius 2 is 1.84 bits per heavy atom. The first kappa shape index (κ1) is 39.0. The van der Waals surface area contributed by atoms with Gasteiger partial charge in [0.15, 0.2) is 0 Å². The number of rotatable bonds is 15. The van der Waals surface area contributed by atoms with Gasteiger partial charge in [-0.25, -0.2) is 27.5 Å². The van der Waals surface area contributed by atoms with Gasteiger partial charge in [0.2, 0.25) is 16.0 Å². The molecule has 4 aromatic rings. The third-order valence-corrected chi connectivity index (χ3v) is 8.74. The Kier molecular flexibility index (Phi) is 12.9. The lowest BCUT2D eigenvalue weighted by molar-refractivity contribution is -0.137. The molecule has 0 aliphatic carbocycles. The molecule has 0 radical (unpaired) electrons. The highest BCUT2D eigenvalue weighted by Crippen LogP contribution is 2.36. The van der Waals surface area contributed by atoms with Gasteiger partial charge in [-0.05, 0) is 32.0 Å². The molecule has 50 heavy (non-hydrogen) atoms. The van der Waals surface area contributed by atoms with Crippen LogP contribution in [0.4, 0.5) is 29.2 Å². The molecule has 0 saturated carbocycles. The molecule has 4 N–H and O–H groups in total. The van der Waals surface area contributed by atoms with Crippen LogP contribution in [-0.2, 0) is 40.6 Å². The minimum Gasteiger partial charge on any atom is -0.389 e. The number of nitrogens with one attached hydrogen (secondary N) is 3. The molecule has 4 heterocycles. The van der Waals surface area contributed by atoms with E-state index in [1.54, 1.807) is 10.9 Å². The van der Waals surface area contributed by atoms with E-state index in [1.807, 2.05) is 0 Å². The largest absolute Gasteiger partial charge is 0.419 e. The molecule has 0 bridgehead atoms. The summed E-state index contributed by atoms with van der Waals surface area (Å²) in [5, 5.41) is 28.0. The quantitative estimate of drug-likeness (QED) is 0.103. The third kappa shape index (κ3) is 10.9. The summed E-state index contributed by atoms with van der Waals surface area (Å²) in [5.41, 5.74) is -2.53. The van der Waals surface area contributed by atoms with Crippen molar-refractivity contribution in [3.8, 4) is 11.3 Å². The lowest BCUT2D eigenvalue weighted by Crippen LogP contribution is -2.44. The van der Waals surface area contributed by atoms with Crippen LogP contribution in [-0.4, -0.2) is 105 Å². The van der Waals surface area contributed by atoms with Crippen molar-refractivity contribution in [2.24, 2.45) is 0 Å². The fourth-order valence-corrected chi connectivity index (χ4v) is 5.95. The molecule has 0 unspecified atom stereocenters. The molecule has 1 saturated heterocycles. The molecule has 1 aromatic carbocycles. The van der Waals surface area contributed by atoms with Gasteiger partial charge in [0, 0.05) is 57.2 Å². The zero-order valence-electron chi connectivity index (χ0n) is 27.2. The lowest BCUT2D eigenvalue weighted by atomic mass is 10.1. The Hall–Kier alpha value is -3.79. The number of ether oxygens (including phenoxy) is 1. The fraction of sp³-hybridized carbons (Fsp3) is 0.483. The molecule has 5 rings (SSSR count). The third-order valence-electron chi connectivity index (χ3n) is 7.28. The first-order valence-electron chi connectivity index (χ1n) is 15.3. The van der Waals surface area contributed by atoms with E-state index >= 15 is 4.39 Å². The van der Waals surface area contributed by atoms with E-state index in [4.69, 9.17) is 4.74 Å². The summed E-state index contributed by atoms with van der Waals surface area (Å²) in [4.78, 5) is 9.59. The second kappa shape index (κ2) is 16.5. The van der Waals surface area contributed by atoms with Gasteiger partial charge in [0.05, 0.1) is 60.6 Å². The number of benzene rings is 1. The molecule has 1 fully saturated rings. The number of aromatic nitrogens is 7. The Labute approximate surface area is 291 Å². The topological polar surface area (TPSA) is 177 Å². The van der Waals surface area contributed by atoms with Gasteiger partial charge in [-0.15, -0.1) is 17.5 Å². The second-order valence-electron chi connectivity index (χ2n) is 12.0. The van der Waals surface area contributed by atoms with Crippen LogP contribution in [0.1, 0.15) is 25.1 Å². The van der Waals surface area contributed by atoms with Crippen LogP contribution >= 0.6 is 12.4 Å². The first-order chi connectivity index (χ1) is 23.2. The maximum atomic E-state index is 15.0. The summed E-state index contributed by atoms with van der Waals surface area (Å²) >= 11 is 0. The monoisotopic (exact) mass is 747 g/mol. The van der Waals surface area contributed by atoms with Crippen molar-refractivity contribution in [3.05, 3.63) is 60.1 Å². The molecule has 0 atom stereocenters. The number of anilines is 2. The Morgan fingerprint density at radius 3 is 2.54 bits per heavy atom. The van der Waals surface area contributed by atoms with E-state index in [9.17, 15) is 26.7 Å². The van der Waals surface area contributed by atoms with Gasteiger partial charge >= 0.3 is 6.18 Å². The van der Waals surface area contributed by atoms with Crippen LogP contribution < -0.4 is 15.4 Å². The van der Waals surface area contributed by atoms with Gasteiger partial charge in [0.1, 0.15) is 17.1 Å². The van der Waals surface area contributed by atoms with Gasteiger partial charge in [-0.2, -0.15) is 18.3 Å². The van der Waals surface area contributed by atoms with Crippen LogP contribution in [0.2, 0.25) is 0 Å². The van der Waals surface area contributed by atoms with Crippen LogP contribution in [0.5, 0.6) is 0 Å². The summed E-state index contributed by atoms with van der Waals surface area (Å²) in [7, 11) is -4.13. The van der Waals surface area contributed by atoms with Crippen molar-refractivity contribution in [3.63, 3.8) is 0 Å². The molecule has 1 aliphatic heterocycles. The predicted molar refractivity (Wildman–Crippen MR) is 176 cm³/mol. The summed E-state index contributed by atoms with van der Waals surface area (Å²) in [6, 6.07) is 2.99. The van der Waals surface area contributed by atoms with Gasteiger partial charge in [-0.1, -0.05) is 5.21 Å². The molecule has 0 amide bonds. The minimum absolute atomic E-state index is 0. The van der Waals surface area contributed by atoms with E-state index in [0.29, 0.717) is 18.4 Å². The van der Waals surface area contributed by atoms with Gasteiger partial charge in [0.25, 0.3) is 0 Å². The predicted octanol–water partition coefficient (Wildman–Crippen LogP) is 2.43. The van der Waals surface area contributed by atoms with Crippen LogP contribution in [0.3, 0.4) is 0 Å². The molecule has 15 nitrogen and oxygen atoms in total. The van der Waals surface area contributed by atoms with E-state index in [0.717, 1.165) is 57.1 Å². The van der Waals surface area contributed by atoms with Crippen molar-refractivity contribution in [1.29, 1.82) is 0 Å². The van der Waals surface area contributed by atoms with Crippen LogP contribution in [0.15, 0.2) is 47.9 Å². The zero-order chi connectivity index (χ0) is 35.2. The molecular formula is C29H38ClF4N11O4S. The number of hydrogen-bond donors (Lipinski definition) is 4. The highest BCUT2D eigenvalue weighted by Gasteiger charge is 2.36. The number of hydrogen-bond acceptors (Lipinski definition) is 12. The summed E-state index contributed by atoms with van der Waals surface area (Å²) in [6.45, 7) is 8.51. The average Bonchev–Trinajstić information content (AvgIpc) is 3.69. The highest BCUT2D eigenvalue weighted by atomic mass is 35.5. The summed E-state index contributed by atoms with van der Waals surface area (Å²) in [5.74, 6) is -1.38. The average molecular weight is 748 g/mol. The van der Waals surface area contributed by atoms with Crippen molar-refractivity contribution in [2.75, 3.05) is 51.2 Å². The number of aliphatic hydroxyl groups is 1. The normalized spacial score (nSPS) is 14.5. The number of piperazine rings is 1. The SMILES string of the molecule is CC(C)(O)Cn1cc(-c2nc(Nc3ccc(S(=O)(=O)NCCOCc4cn(CCN5CCNCC5)nn4)cc3F)ncc2C(F)(F)F)cn1.Cl. The molecule has 21 heteroatoms. The standard InChI is InChI=1S/C29H37F4N11O4S.ClH/c1-28(2,45)19-44-16-20(14-36-44)26-23(29(31,32)33)15-35-27(39-26)38-25-4-3-22(13-24(25)30)49(46,47)37-7-12-48-18-21-17-43(41-40-21)11-10-42-8-5-34-6-9-42;/h3-4,13-17,34,37,45H,5-12,18-19H2,1-2H3,(H,35,38,39);1H.